The highest BCUT2D eigenvalue weighted by Crippen LogP contribution is 2.45. The highest BCUT2D eigenvalue weighted by molar-refractivity contribution is 6.08. The van der Waals surface area contributed by atoms with E-state index in [0.29, 0.717) is 16.7 Å². The number of nitro groups is 2. The summed E-state index contributed by atoms with van der Waals surface area (Å²) in [5.74, 6) is -1.58. The molecule has 1 N–H and O–H groups in total. The molecule has 0 radical (unpaired) electrons. The summed E-state index contributed by atoms with van der Waals surface area (Å²) in [6.45, 7) is 0. The number of amides is 1. The van der Waals surface area contributed by atoms with E-state index in [0.717, 1.165) is 31.7 Å². The molecule has 3 aromatic rings. The first-order valence-electron chi connectivity index (χ1n) is 9.41. The van der Waals surface area contributed by atoms with Gasteiger partial charge in [-0.1, -0.05) is 12.8 Å². The molecule has 1 aliphatic carbocycles. The molecule has 5 rings (SSSR count). The average Bonchev–Trinajstić information content (AvgIpc) is 3.44. The standard InChI is InChI=1S/C18H15N7O5/c26-18-14(11-5-10(24(27)28)6-13(25(29)30)15(11)21-18)16-12-7-23(9-3-1-2-4-9)22-17(12)20-8-19-16/h5-9,14H,1-4H2,(H,21,26). The van der Waals surface area contributed by atoms with Gasteiger partial charge in [0.05, 0.1) is 33.0 Å². The normalized spacial score (nSPS) is 18.5. The van der Waals surface area contributed by atoms with E-state index >= 15 is 0 Å². The third-order valence-electron chi connectivity index (χ3n) is 5.70. The lowest BCUT2D eigenvalue weighted by molar-refractivity contribution is -0.393. The zero-order valence-corrected chi connectivity index (χ0v) is 15.5. The number of aromatic nitrogens is 4. The van der Waals surface area contributed by atoms with E-state index in [1.54, 1.807) is 6.20 Å². The van der Waals surface area contributed by atoms with Crippen molar-refractivity contribution in [1.82, 2.24) is 19.7 Å². The predicted octanol–water partition coefficient (Wildman–Crippen LogP) is 2.84. The van der Waals surface area contributed by atoms with Gasteiger partial charge in [-0.15, -0.1) is 0 Å². The van der Waals surface area contributed by atoms with Crippen LogP contribution in [0.4, 0.5) is 17.1 Å². The average molecular weight is 409 g/mol. The van der Waals surface area contributed by atoms with Gasteiger partial charge < -0.3 is 5.32 Å². The zero-order valence-electron chi connectivity index (χ0n) is 15.5. The van der Waals surface area contributed by atoms with Gasteiger partial charge in [-0.3, -0.25) is 29.7 Å². The quantitative estimate of drug-likeness (QED) is 0.508. The highest BCUT2D eigenvalue weighted by Gasteiger charge is 2.41. The van der Waals surface area contributed by atoms with Gasteiger partial charge in [0.1, 0.15) is 17.9 Å². The SMILES string of the molecule is O=C1Nc2c(cc([N+](=O)[O-])cc2[N+](=O)[O-])C1c1ncnc2nn(C3CCCC3)cc12. The second kappa shape index (κ2) is 6.54. The van der Waals surface area contributed by atoms with Gasteiger partial charge in [0, 0.05) is 17.8 Å². The molecule has 2 aromatic heterocycles. The molecule has 2 aliphatic rings. The summed E-state index contributed by atoms with van der Waals surface area (Å²) < 4.78 is 1.83. The van der Waals surface area contributed by atoms with Gasteiger partial charge in [-0.2, -0.15) is 5.10 Å². The number of carbonyl (C=O) groups is 1. The summed E-state index contributed by atoms with van der Waals surface area (Å²) in [6.07, 6.45) is 7.30. The predicted molar refractivity (Wildman–Crippen MR) is 103 cm³/mol. The van der Waals surface area contributed by atoms with Gasteiger partial charge >= 0.3 is 0 Å². The van der Waals surface area contributed by atoms with E-state index in [1.807, 2.05) is 4.68 Å². The Labute approximate surface area is 168 Å². The maximum absolute atomic E-state index is 12.8. The van der Waals surface area contributed by atoms with Crippen molar-refractivity contribution in [3.05, 3.63) is 56.1 Å². The maximum Gasteiger partial charge on any atom is 0.299 e. The van der Waals surface area contributed by atoms with Gasteiger partial charge in [0.25, 0.3) is 11.4 Å². The van der Waals surface area contributed by atoms with Crippen LogP contribution in [0.1, 0.15) is 48.9 Å². The third-order valence-corrected chi connectivity index (χ3v) is 5.70. The summed E-state index contributed by atoms with van der Waals surface area (Å²) in [4.78, 5) is 42.5. The Balaban J connectivity index is 1.69. The number of nitrogens with zero attached hydrogens (tertiary/aromatic N) is 6. The van der Waals surface area contributed by atoms with Crippen molar-refractivity contribution in [3.8, 4) is 0 Å². The first kappa shape index (κ1) is 18.1. The Kier molecular flexibility index (Phi) is 3.94. The summed E-state index contributed by atoms with van der Waals surface area (Å²) in [5, 5.41) is 30.3. The number of fused-ring (bicyclic) bond motifs is 2. The van der Waals surface area contributed by atoms with E-state index in [4.69, 9.17) is 0 Å². The fourth-order valence-electron chi connectivity index (χ4n) is 4.31. The molecule has 30 heavy (non-hydrogen) atoms. The summed E-state index contributed by atoms with van der Waals surface area (Å²) in [6, 6.07) is 2.27. The minimum absolute atomic E-state index is 0.0458. The van der Waals surface area contributed by atoms with Crippen molar-refractivity contribution in [2.24, 2.45) is 0 Å². The van der Waals surface area contributed by atoms with Crippen molar-refractivity contribution in [2.45, 2.75) is 37.6 Å². The molecule has 1 saturated carbocycles. The third kappa shape index (κ3) is 2.68. The number of benzene rings is 1. The Morgan fingerprint density at radius 2 is 1.87 bits per heavy atom. The van der Waals surface area contributed by atoms with Crippen molar-refractivity contribution >= 4 is 34.0 Å². The van der Waals surface area contributed by atoms with E-state index in [2.05, 4.69) is 20.4 Å². The molecule has 1 aliphatic heterocycles. The van der Waals surface area contributed by atoms with Crippen LogP contribution in [0.15, 0.2) is 24.7 Å². The number of carbonyl (C=O) groups excluding carboxylic acids is 1. The van der Waals surface area contributed by atoms with Crippen LogP contribution < -0.4 is 5.32 Å². The molecular formula is C18H15N7O5. The number of rotatable bonds is 4. The Hall–Kier alpha value is -3.96. The zero-order chi connectivity index (χ0) is 21.0. The summed E-state index contributed by atoms with van der Waals surface area (Å²) >= 11 is 0. The monoisotopic (exact) mass is 409 g/mol. The second-order valence-corrected chi connectivity index (χ2v) is 7.41. The van der Waals surface area contributed by atoms with Gasteiger partial charge in [0.2, 0.25) is 5.91 Å². The minimum Gasteiger partial charge on any atom is -0.319 e. The first-order chi connectivity index (χ1) is 14.4. The number of hydrogen-bond donors (Lipinski definition) is 1. The lowest BCUT2D eigenvalue weighted by Crippen LogP contribution is -2.15. The molecule has 0 bridgehead atoms. The van der Waals surface area contributed by atoms with Crippen LogP contribution in [-0.4, -0.2) is 35.5 Å². The molecule has 12 heteroatoms. The van der Waals surface area contributed by atoms with Gasteiger partial charge in [-0.05, 0) is 12.8 Å². The molecule has 3 heterocycles. The molecule has 0 saturated heterocycles. The van der Waals surface area contributed by atoms with Crippen LogP contribution in [0.2, 0.25) is 0 Å². The molecule has 1 fully saturated rings. The van der Waals surface area contributed by atoms with Crippen LogP contribution in [0.25, 0.3) is 11.0 Å². The number of nitro benzene ring substituents is 2. The number of hydrogen-bond acceptors (Lipinski definition) is 8. The van der Waals surface area contributed by atoms with Crippen LogP contribution in [-0.2, 0) is 4.79 Å². The fraction of sp³-hybridized carbons (Fsp3) is 0.333. The lowest BCUT2D eigenvalue weighted by atomic mass is 9.94. The van der Waals surface area contributed by atoms with Crippen LogP contribution in [0, 0.1) is 20.2 Å². The second-order valence-electron chi connectivity index (χ2n) is 7.41. The van der Waals surface area contributed by atoms with Crippen molar-refractivity contribution in [1.29, 1.82) is 0 Å². The Morgan fingerprint density at radius 1 is 1.10 bits per heavy atom. The van der Waals surface area contributed by atoms with Crippen LogP contribution in [0.3, 0.4) is 0 Å². The molecule has 12 nitrogen and oxygen atoms in total. The molecule has 152 valence electrons. The maximum atomic E-state index is 12.8. The van der Waals surface area contributed by atoms with Gasteiger partial charge in [0.15, 0.2) is 5.65 Å². The molecule has 1 amide bonds. The van der Waals surface area contributed by atoms with Crippen molar-refractivity contribution in [2.75, 3.05) is 5.32 Å². The molecule has 1 atom stereocenters. The summed E-state index contributed by atoms with van der Waals surface area (Å²) in [5.41, 5.74) is -0.163. The largest absolute Gasteiger partial charge is 0.319 e. The summed E-state index contributed by atoms with van der Waals surface area (Å²) in [7, 11) is 0. The highest BCUT2D eigenvalue weighted by atomic mass is 16.6. The van der Waals surface area contributed by atoms with E-state index in [-0.39, 0.29) is 17.3 Å². The molecular weight excluding hydrogens is 394 g/mol. The smallest absolute Gasteiger partial charge is 0.299 e. The number of nitrogens with one attached hydrogen (secondary N) is 1. The van der Waals surface area contributed by atoms with E-state index < -0.39 is 33.0 Å². The molecule has 0 spiro atoms. The first-order valence-corrected chi connectivity index (χ1v) is 9.41. The van der Waals surface area contributed by atoms with Crippen molar-refractivity contribution < 1.29 is 14.6 Å². The minimum atomic E-state index is -1.04. The van der Waals surface area contributed by atoms with Crippen molar-refractivity contribution in [3.63, 3.8) is 0 Å². The lowest BCUT2D eigenvalue weighted by Gasteiger charge is -2.09. The molecule has 1 aromatic carbocycles. The number of non-ortho nitro benzene ring substituents is 1. The fourth-order valence-corrected chi connectivity index (χ4v) is 4.31. The van der Waals surface area contributed by atoms with Gasteiger partial charge in [-0.25, -0.2) is 9.97 Å². The van der Waals surface area contributed by atoms with Crippen LogP contribution in [0.5, 0.6) is 0 Å². The Morgan fingerprint density at radius 3 is 2.57 bits per heavy atom. The van der Waals surface area contributed by atoms with Crippen LogP contribution >= 0.6 is 0 Å². The topological polar surface area (TPSA) is 159 Å². The van der Waals surface area contributed by atoms with E-state index in [9.17, 15) is 25.0 Å². The molecule has 1 unspecified atom stereocenters. The number of anilines is 1. The Bertz CT molecular complexity index is 1230. The van der Waals surface area contributed by atoms with E-state index in [1.165, 1.54) is 12.4 Å².